The molecule has 18 heteroatoms. The summed E-state index contributed by atoms with van der Waals surface area (Å²) in [6, 6.07) is 18.9. The lowest BCUT2D eigenvalue weighted by Crippen LogP contribution is -2.62. The molecule has 0 aliphatic heterocycles. The zero-order chi connectivity index (χ0) is 33.0. The fourth-order valence-electron chi connectivity index (χ4n) is 3.51. The Hall–Kier alpha value is -3.45. The van der Waals surface area contributed by atoms with Gasteiger partial charge in [-0.25, -0.2) is 0 Å². The molecule has 1 amide bonds. The molecule has 0 aromatic heterocycles. The molecule has 0 saturated heterocycles. The molecule has 0 aliphatic carbocycles. The van der Waals surface area contributed by atoms with Crippen LogP contribution < -0.4 is 10.1 Å². The van der Waals surface area contributed by atoms with E-state index in [1.165, 1.54) is 36.4 Å². The second-order valence-corrected chi connectivity index (χ2v) is 12.2. The van der Waals surface area contributed by atoms with Crippen LogP contribution in [0.25, 0.3) is 0 Å². The number of hydrogen-bond donors (Lipinski definition) is 2. The monoisotopic (exact) mass is 676 g/mol. The number of carbonyl (C=O) groups excluding carboxylic acids is 1. The molecule has 0 radical (unpaired) electrons. The SMILES string of the molecule is COCOC(COc1ccc([S+](c2ccccc2)c2ccc(NC(=O)C(F)(F)S(=O)(=O)O)cc2)cc1)(C(F)(F)F)C(F)(F)F. The third kappa shape index (κ3) is 7.60. The summed E-state index contributed by atoms with van der Waals surface area (Å²) >= 11 is 0. The van der Waals surface area contributed by atoms with E-state index in [9.17, 15) is 48.3 Å². The van der Waals surface area contributed by atoms with Gasteiger partial charge in [-0.1, -0.05) is 18.2 Å². The number of ether oxygens (including phenoxy) is 3. The molecule has 1 unspecified atom stereocenters. The lowest BCUT2D eigenvalue weighted by Gasteiger charge is -2.36. The maximum absolute atomic E-state index is 13.6. The van der Waals surface area contributed by atoms with Gasteiger partial charge in [-0.15, -0.1) is 0 Å². The van der Waals surface area contributed by atoms with Crippen molar-refractivity contribution in [3.05, 3.63) is 78.9 Å². The number of methoxy groups -OCH3 is 1. The zero-order valence-electron chi connectivity index (χ0n) is 22.2. The van der Waals surface area contributed by atoms with Crippen molar-refractivity contribution < 1.29 is 67.1 Å². The van der Waals surface area contributed by atoms with E-state index in [0.717, 1.165) is 19.2 Å². The van der Waals surface area contributed by atoms with Gasteiger partial charge in [0.2, 0.25) is 0 Å². The molecule has 0 spiro atoms. The quantitative estimate of drug-likeness (QED) is 0.104. The van der Waals surface area contributed by atoms with Crippen molar-refractivity contribution in [2.75, 3.05) is 25.8 Å². The normalized spacial score (nSPS) is 13.8. The molecule has 2 N–H and O–H groups in total. The fraction of sp³-hybridized carbons (Fsp3) is 0.269. The maximum Gasteiger partial charge on any atom is 0.446 e. The Morgan fingerprint density at radius 2 is 1.27 bits per heavy atom. The number of hydrogen-bond acceptors (Lipinski definition) is 6. The molecule has 3 aromatic rings. The number of benzene rings is 3. The second-order valence-electron chi connectivity index (χ2n) is 8.72. The average molecular weight is 677 g/mol. The number of anilines is 1. The van der Waals surface area contributed by atoms with E-state index >= 15 is 0 Å². The lowest BCUT2D eigenvalue weighted by atomic mass is 10.0. The summed E-state index contributed by atoms with van der Waals surface area (Å²) in [5.41, 5.74) is -4.91. The van der Waals surface area contributed by atoms with Crippen molar-refractivity contribution in [3.63, 3.8) is 0 Å². The maximum atomic E-state index is 13.6. The largest absolute Gasteiger partial charge is 0.490 e. The average Bonchev–Trinajstić information content (AvgIpc) is 2.93. The van der Waals surface area contributed by atoms with Gasteiger partial charge in [0, 0.05) is 12.8 Å². The van der Waals surface area contributed by atoms with Crippen LogP contribution in [0.5, 0.6) is 5.75 Å². The molecule has 1 atom stereocenters. The summed E-state index contributed by atoms with van der Waals surface area (Å²) in [5.74, 6) is -2.64. The molecule has 8 nitrogen and oxygen atoms in total. The first kappa shape index (κ1) is 35.0. The Balaban J connectivity index is 1.89. The Bertz CT molecular complexity index is 1500. The van der Waals surface area contributed by atoms with Crippen LogP contribution in [0.1, 0.15) is 0 Å². The number of rotatable bonds is 12. The Morgan fingerprint density at radius 3 is 1.73 bits per heavy atom. The third-order valence-corrected chi connectivity index (χ3v) is 8.82. The molecule has 0 heterocycles. The summed E-state index contributed by atoms with van der Waals surface area (Å²) < 4.78 is 152. The van der Waals surface area contributed by atoms with Gasteiger partial charge in [-0.2, -0.15) is 43.5 Å². The Labute approximate surface area is 248 Å². The van der Waals surface area contributed by atoms with E-state index in [0.29, 0.717) is 14.7 Å². The highest BCUT2D eigenvalue weighted by atomic mass is 32.2. The minimum atomic E-state index is -6.03. The van der Waals surface area contributed by atoms with Crippen molar-refractivity contribution in [3.8, 4) is 5.75 Å². The van der Waals surface area contributed by atoms with Gasteiger partial charge in [0.15, 0.2) is 14.7 Å². The second kappa shape index (κ2) is 13.3. The first-order valence-corrected chi connectivity index (χ1v) is 14.6. The molecule has 3 aromatic carbocycles. The smallest absolute Gasteiger partial charge is 0.446 e. The number of carbonyl (C=O) groups is 1. The molecular weight excluding hydrogens is 654 g/mol. The predicted molar refractivity (Wildman–Crippen MR) is 140 cm³/mol. The van der Waals surface area contributed by atoms with Crippen LogP contribution in [0, 0.1) is 0 Å². The highest BCUT2D eigenvalue weighted by Gasteiger charge is 2.73. The summed E-state index contributed by atoms with van der Waals surface area (Å²) in [7, 11) is -6.16. The van der Waals surface area contributed by atoms with Crippen LogP contribution in [0.2, 0.25) is 0 Å². The zero-order valence-corrected chi connectivity index (χ0v) is 23.8. The minimum absolute atomic E-state index is 0.240. The van der Waals surface area contributed by atoms with Crippen molar-refractivity contribution >= 4 is 32.6 Å². The summed E-state index contributed by atoms with van der Waals surface area (Å²) in [6.45, 7) is -3.27. The van der Waals surface area contributed by atoms with Crippen molar-refractivity contribution in [1.82, 2.24) is 0 Å². The van der Waals surface area contributed by atoms with E-state index < -0.39 is 63.5 Å². The van der Waals surface area contributed by atoms with Crippen molar-refractivity contribution in [2.24, 2.45) is 0 Å². The Morgan fingerprint density at radius 1 is 0.795 bits per heavy atom. The van der Waals surface area contributed by atoms with Gasteiger partial charge >= 0.3 is 33.6 Å². The Kier molecular flexibility index (Phi) is 10.6. The summed E-state index contributed by atoms with van der Waals surface area (Å²) in [5, 5.41) is -3.43. The van der Waals surface area contributed by atoms with Gasteiger partial charge in [-0.3, -0.25) is 9.35 Å². The van der Waals surface area contributed by atoms with E-state index in [1.807, 2.05) is 0 Å². The number of alkyl halides is 8. The van der Waals surface area contributed by atoms with E-state index in [-0.39, 0.29) is 11.4 Å². The lowest BCUT2D eigenvalue weighted by molar-refractivity contribution is -0.397. The fourth-order valence-corrected chi connectivity index (χ4v) is 5.85. The molecule has 0 bridgehead atoms. The molecule has 240 valence electrons. The van der Waals surface area contributed by atoms with Crippen LogP contribution in [-0.4, -0.2) is 62.6 Å². The topological polar surface area (TPSA) is 111 Å². The van der Waals surface area contributed by atoms with Gasteiger partial charge < -0.3 is 19.5 Å². The molecule has 0 fully saturated rings. The van der Waals surface area contributed by atoms with Crippen LogP contribution in [0.3, 0.4) is 0 Å². The predicted octanol–water partition coefficient (Wildman–Crippen LogP) is 6.06. The molecular formula is C26H22F8NO7S2+. The molecule has 3 rings (SSSR count). The highest BCUT2D eigenvalue weighted by Crippen LogP contribution is 2.46. The van der Waals surface area contributed by atoms with Gasteiger partial charge in [0.05, 0.1) is 10.9 Å². The number of nitrogens with one attached hydrogen (secondary N) is 1. The van der Waals surface area contributed by atoms with Crippen molar-refractivity contribution in [2.45, 2.75) is 37.9 Å². The number of amides is 1. The molecule has 0 aliphatic rings. The van der Waals surface area contributed by atoms with E-state index in [2.05, 4.69) is 9.47 Å². The third-order valence-electron chi connectivity index (χ3n) is 5.76. The molecule has 44 heavy (non-hydrogen) atoms. The first-order chi connectivity index (χ1) is 20.3. The van der Waals surface area contributed by atoms with Gasteiger partial charge in [0.1, 0.15) is 19.1 Å². The van der Waals surface area contributed by atoms with Crippen LogP contribution in [-0.2, 0) is 35.3 Å². The summed E-state index contributed by atoms with van der Waals surface area (Å²) in [4.78, 5) is 13.4. The van der Waals surface area contributed by atoms with Gasteiger partial charge in [-0.05, 0) is 60.7 Å². The van der Waals surface area contributed by atoms with E-state index in [4.69, 9.17) is 9.29 Å². The van der Waals surface area contributed by atoms with Crippen LogP contribution in [0.4, 0.5) is 40.8 Å². The van der Waals surface area contributed by atoms with Crippen molar-refractivity contribution in [1.29, 1.82) is 0 Å². The highest BCUT2D eigenvalue weighted by molar-refractivity contribution is 7.97. The summed E-state index contributed by atoms with van der Waals surface area (Å²) in [6.07, 6.45) is -11.8. The first-order valence-electron chi connectivity index (χ1n) is 11.9. The minimum Gasteiger partial charge on any atom is -0.490 e. The van der Waals surface area contributed by atoms with Crippen LogP contribution >= 0.6 is 0 Å². The number of halogens is 8. The standard InChI is InChI=1S/C26H21F8NO7S2/c1-40-16-42-23(25(29,30)31,26(32,33)34)15-41-18-9-13-21(14-10-18)43(19-5-3-2-4-6-19)20-11-7-17(8-12-20)35-22(36)24(27,28)44(37,38)39/h2-14H,15-16H2,1H3,(H-,35,36,37,38,39)/p+1. The van der Waals surface area contributed by atoms with E-state index in [1.54, 1.807) is 35.6 Å². The molecule has 0 saturated carbocycles. The van der Waals surface area contributed by atoms with Gasteiger partial charge in [0.25, 0.3) is 5.60 Å². The van der Waals surface area contributed by atoms with Crippen LogP contribution in [0.15, 0.2) is 93.5 Å².